The summed E-state index contributed by atoms with van der Waals surface area (Å²) in [6, 6.07) is 0. The Morgan fingerprint density at radius 2 is 1.82 bits per heavy atom. The lowest BCUT2D eigenvalue weighted by atomic mass is 10.5. The molecule has 1 aliphatic heterocycles. The molecule has 1 aliphatic rings. The number of aliphatic carboxylic acids is 1. The highest BCUT2D eigenvalue weighted by molar-refractivity contribution is 5.62. The van der Waals surface area contributed by atoms with E-state index in [-0.39, 0.29) is 0 Å². The Hall–Kier alpha value is -0.610. The Bertz CT molecular complexity index is 106. The van der Waals surface area contributed by atoms with Crippen LogP contribution >= 0.6 is 0 Å². The van der Waals surface area contributed by atoms with Crippen molar-refractivity contribution in [3.63, 3.8) is 0 Å². The Morgan fingerprint density at radius 1 is 1.45 bits per heavy atom. The van der Waals surface area contributed by atoms with E-state index in [0.29, 0.717) is 0 Å². The molecule has 1 saturated heterocycles. The second kappa shape index (κ2) is 6.12. The third-order valence-corrected chi connectivity index (χ3v) is 1.23. The third kappa shape index (κ3) is 9.39. The molecule has 1 N–H and O–H groups in total. The molecule has 4 heteroatoms. The molecule has 0 aliphatic carbocycles. The topological polar surface area (TPSA) is 49.8 Å². The minimum absolute atomic E-state index is 0.833. The first-order valence-corrected chi connectivity index (χ1v) is 3.58. The molecule has 0 aromatic carbocycles. The molecule has 0 spiro atoms. The molecule has 0 unspecified atom stereocenters. The molecular formula is C7H15NO3. The van der Waals surface area contributed by atoms with Gasteiger partial charge in [0.25, 0.3) is 5.97 Å². The second-order valence-corrected chi connectivity index (χ2v) is 2.43. The Kier molecular flexibility index (Phi) is 5.78. The third-order valence-electron chi connectivity index (χ3n) is 1.23. The van der Waals surface area contributed by atoms with E-state index in [2.05, 4.69) is 11.9 Å². The molecule has 11 heavy (non-hydrogen) atoms. The molecule has 0 saturated carbocycles. The number of hydrogen-bond acceptors (Lipinski definition) is 3. The van der Waals surface area contributed by atoms with E-state index in [1.807, 2.05) is 0 Å². The van der Waals surface area contributed by atoms with Gasteiger partial charge in [-0.15, -0.1) is 0 Å². The van der Waals surface area contributed by atoms with Crippen molar-refractivity contribution in [2.45, 2.75) is 6.92 Å². The zero-order chi connectivity index (χ0) is 8.69. The van der Waals surface area contributed by atoms with Gasteiger partial charge in [0.05, 0.1) is 13.2 Å². The lowest BCUT2D eigenvalue weighted by Crippen LogP contribution is -2.32. The molecule has 66 valence electrons. The average molecular weight is 161 g/mol. The van der Waals surface area contributed by atoms with Crippen molar-refractivity contribution in [2.24, 2.45) is 0 Å². The molecule has 1 fully saturated rings. The number of morpholine rings is 1. The van der Waals surface area contributed by atoms with Gasteiger partial charge in [-0.1, -0.05) is 0 Å². The zero-order valence-electron chi connectivity index (χ0n) is 7.04. The first kappa shape index (κ1) is 10.4. The lowest BCUT2D eigenvalue weighted by molar-refractivity contribution is -0.134. The van der Waals surface area contributed by atoms with Crippen LogP contribution < -0.4 is 0 Å². The standard InChI is InChI=1S/C5H11NO.C2H4O2/c1-6-2-4-7-5-3-6;1-2(3)4/h2-5H2,1H3;1H3,(H,3,4). The van der Waals surface area contributed by atoms with Gasteiger partial charge in [-0.25, -0.2) is 0 Å². The molecule has 4 nitrogen and oxygen atoms in total. The number of ether oxygens (including phenoxy) is 1. The Labute approximate surface area is 66.8 Å². The van der Waals surface area contributed by atoms with E-state index in [0.717, 1.165) is 33.2 Å². The largest absolute Gasteiger partial charge is 0.481 e. The molecule has 0 amide bonds. The smallest absolute Gasteiger partial charge is 0.300 e. The highest BCUT2D eigenvalue weighted by atomic mass is 16.5. The van der Waals surface area contributed by atoms with Crippen LogP contribution in [0.4, 0.5) is 0 Å². The van der Waals surface area contributed by atoms with Gasteiger partial charge in [-0.2, -0.15) is 0 Å². The first-order chi connectivity index (χ1) is 5.13. The molecule has 0 aromatic rings. The van der Waals surface area contributed by atoms with Crippen LogP contribution in [0.25, 0.3) is 0 Å². The summed E-state index contributed by atoms with van der Waals surface area (Å²) >= 11 is 0. The van der Waals surface area contributed by atoms with E-state index in [9.17, 15) is 0 Å². The molecule has 0 aromatic heterocycles. The van der Waals surface area contributed by atoms with Crippen molar-refractivity contribution in [3.8, 4) is 0 Å². The fourth-order valence-electron chi connectivity index (χ4n) is 0.655. The fourth-order valence-corrected chi connectivity index (χ4v) is 0.655. The predicted molar refractivity (Wildman–Crippen MR) is 41.6 cm³/mol. The molecule has 1 heterocycles. The van der Waals surface area contributed by atoms with Gasteiger partial charge in [0, 0.05) is 20.0 Å². The molecule has 0 bridgehead atoms. The molecular weight excluding hydrogens is 146 g/mol. The maximum absolute atomic E-state index is 9.00. The maximum atomic E-state index is 9.00. The summed E-state index contributed by atoms with van der Waals surface area (Å²) in [5.74, 6) is -0.833. The summed E-state index contributed by atoms with van der Waals surface area (Å²) in [7, 11) is 2.11. The maximum Gasteiger partial charge on any atom is 0.300 e. The van der Waals surface area contributed by atoms with Crippen LogP contribution in [0.5, 0.6) is 0 Å². The summed E-state index contributed by atoms with van der Waals surface area (Å²) in [6.45, 7) is 5.10. The SMILES string of the molecule is CC(=O)O.CN1CCOCC1. The van der Waals surface area contributed by atoms with Gasteiger partial charge in [0.2, 0.25) is 0 Å². The molecule has 0 radical (unpaired) electrons. The van der Waals surface area contributed by atoms with E-state index in [1.54, 1.807) is 0 Å². The van der Waals surface area contributed by atoms with Crippen molar-refractivity contribution in [3.05, 3.63) is 0 Å². The summed E-state index contributed by atoms with van der Waals surface area (Å²) in [5, 5.41) is 7.42. The van der Waals surface area contributed by atoms with Crippen LogP contribution in [0.15, 0.2) is 0 Å². The Morgan fingerprint density at radius 3 is 2.00 bits per heavy atom. The summed E-state index contributed by atoms with van der Waals surface area (Å²) in [6.07, 6.45) is 0. The van der Waals surface area contributed by atoms with E-state index < -0.39 is 5.97 Å². The number of rotatable bonds is 0. The van der Waals surface area contributed by atoms with Gasteiger partial charge < -0.3 is 14.7 Å². The van der Waals surface area contributed by atoms with Crippen LogP contribution in [0.2, 0.25) is 0 Å². The highest BCUT2D eigenvalue weighted by Gasteiger charge is 2.02. The zero-order valence-corrected chi connectivity index (χ0v) is 7.04. The van der Waals surface area contributed by atoms with Gasteiger partial charge in [0.1, 0.15) is 0 Å². The Balaban J connectivity index is 0.000000218. The predicted octanol–water partition coefficient (Wildman–Crippen LogP) is 0.0393. The number of carboxylic acid groups (broad SMARTS) is 1. The summed E-state index contributed by atoms with van der Waals surface area (Å²) in [4.78, 5) is 11.3. The minimum Gasteiger partial charge on any atom is -0.481 e. The number of carbonyl (C=O) groups is 1. The van der Waals surface area contributed by atoms with Crippen LogP contribution in [0.1, 0.15) is 6.92 Å². The monoisotopic (exact) mass is 161 g/mol. The molecule has 0 atom stereocenters. The first-order valence-electron chi connectivity index (χ1n) is 3.58. The summed E-state index contributed by atoms with van der Waals surface area (Å²) < 4.78 is 5.10. The fraction of sp³-hybridized carbons (Fsp3) is 0.857. The number of nitrogens with zero attached hydrogens (tertiary/aromatic N) is 1. The molecule has 1 rings (SSSR count). The van der Waals surface area contributed by atoms with Crippen LogP contribution in [0, 0.1) is 0 Å². The van der Waals surface area contributed by atoms with Gasteiger partial charge in [-0.3, -0.25) is 4.79 Å². The average Bonchev–Trinajstić information content (AvgIpc) is 1.87. The minimum atomic E-state index is -0.833. The van der Waals surface area contributed by atoms with Crippen LogP contribution in [-0.2, 0) is 9.53 Å². The van der Waals surface area contributed by atoms with Crippen molar-refractivity contribution >= 4 is 5.97 Å². The number of hydrogen-bond donors (Lipinski definition) is 1. The van der Waals surface area contributed by atoms with E-state index in [4.69, 9.17) is 14.6 Å². The van der Waals surface area contributed by atoms with Crippen LogP contribution in [-0.4, -0.2) is 49.3 Å². The van der Waals surface area contributed by atoms with Crippen molar-refractivity contribution in [2.75, 3.05) is 33.4 Å². The van der Waals surface area contributed by atoms with Crippen molar-refractivity contribution in [1.29, 1.82) is 0 Å². The highest BCUT2D eigenvalue weighted by Crippen LogP contribution is 1.89. The number of likely N-dealkylation sites (N-methyl/N-ethyl adjacent to an activating group) is 1. The lowest BCUT2D eigenvalue weighted by Gasteiger charge is -2.21. The quantitative estimate of drug-likeness (QED) is 0.545. The van der Waals surface area contributed by atoms with Crippen molar-refractivity contribution in [1.82, 2.24) is 4.90 Å². The van der Waals surface area contributed by atoms with Gasteiger partial charge in [-0.05, 0) is 7.05 Å². The van der Waals surface area contributed by atoms with E-state index in [1.165, 1.54) is 0 Å². The van der Waals surface area contributed by atoms with Crippen LogP contribution in [0.3, 0.4) is 0 Å². The van der Waals surface area contributed by atoms with Crippen molar-refractivity contribution < 1.29 is 14.6 Å². The summed E-state index contributed by atoms with van der Waals surface area (Å²) in [5.41, 5.74) is 0. The van der Waals surface area contributed by atoms with E-state index >= 15 is 0 Å². The normalized spacial score (nSPS) is 18.4. The van der Waals surface area contributed by atoms with Gasteiger partial charge in [0.15, 0.2) is 0 Å². The van der Waals surface area contributed by atoms with Gasteiger partial charge >= 0.3 is 0 Å². The number of carboxylic acids is 1. The second-order valence-electron chi connectivity index (χ2n) is 2.43.